The number of rotatable bonds is 5. The van der Waals surface area contributed by atoms with Crippen molar-refractivity contribution in [2.75, 3.05) is 14.2 Å². The van der Waals surface area contributed by atoms with Gasteiger partial charge >= 0.3 is 5.97 Å². The molecule has 0 radical (unpaired) electrons. The highest BCUT2D eigenvalue weighted by atomic mass is 16.6. The van der Waals surface area contributed by atoms with Gasteiger partial charge in [-0.05, 0) is 24.6 Å². The summed E-state index contributed by atoms with van der Waals surface area (Å²) in [4.78, 5) is 42.2. The molecule has 0 amide bonds. The molecular weight excluding hydrogens is 576 g/mol. The Bertz CT molecular complexity index is 2040. The number of pyridine rings is 2. The first-order valence-corrected chi connectivity index (χ1v) is 14.3. The van der Waals surface area contributed by atoms with Gasteiger partial charge in [-0.2, -0.15) is 0 Å². The van der Waals surface area contributed by atoms with E-state index in [0.29, 0.717) is 34.7 Å². The van der Waals surface area contributed by atoms with Crippen molar-refractivity contribution >= 4 is 22.7 Å². The largest absolute Gasteiger partial charge is 0.507 e. The Balaban J connectivity index is 0.000000168. The van der Waals surface area contributed by atoms with Gasteiger partial charge in [-0.1, -0.05) is 55.5 Å². The van der Waals surface area contributed by atoms with Gasteiger partial charge in [-0.15, -0.1) is 0 Å². The summed E-state index contributed by atoms with van der Waals surface area (Å²) >= 11 is 0. The van der Waals surface area contributed by atoms with Crippen molar-refractivity contribution < 1.29 is 34.0 Å². The van der Waals surface area contributed by atoms with Gasteiger partial charge < -0.3 is 29.0 Å². The van der Waals surface area contributed by atoms with E-state index in [1.807, 2.05) is 36.4 Å². The Morgan fingerprint density at radius 1 is 1.00 bits per heavy atom. The van der Waals surface area contributed by atoms with Crippen LogP contribution in [0, 0.1) is 0 Å². The van der Waals surface area contributed by atoms with E-state index in [2.05, 4.69) is 0 Å². The second kappa shape index (κ2) is 11.5. The Morgan fingerprint density at radius 2 is 1.73 bits per heavy atom. The molecule has 2 aromatic heterocycles. The van der Waals surface area contributed by atoms with Crippen molar-refractivity contribution in [3.8, 4) is 28.6 Å². The summed E-state index contributed by atoms with van der Waals surface area (Å²) in [5, 5.41) is 21.8. The molecule has 228 valence electrons. The Labute approximate surface area is 258 Å². The number of cyclic esters (lactones) is 1. The summed E-state index contributed by atoms with van der Waals surface area (Å²) in [5.41, 5.74) is 2.43. The maximum atomic E-state index is 13.0. The molecule has 10 nitrogen and oxygen atoms in total. The standard InChI is InChI=1S/C20H16N2O4.C15H14O4/c1-2-20(25)14-8-16-17-12(7-11-5-3-4-6-15(11)21-17)9-22(16)18(23)13(14)10-26-19(20)24;1-18-11-8-12(16)14(13(9-11)19-2)15(17)10-6-4-3-5-7-10/h3-8,25H,2,9-10H2,1H3;3-9,16H,1-2H3. The van der Waals surface area contributed by atoms with E-state index in [1.54, 1.807) is 47.9 Å². The van der Waals surface area contributed by atoms with E-state index in [1.165, 1.54) is 20.3 Å². The fourth-order valence-electron chi connectivity index (χ4n) is 5.74. The normalized spacial score (nSPS) is 16.0. The van der Waals surface area contributed by atoms with Gasteiger partial charge in [0, 0.05) is 34.2 Å². The minimum absolute atomic E-state index is 0.110. The molecule has 4 heterocycles. The zero-order valence-electron chi connectivity index (χ0n) is 24.9. The number of methoxy groups -OCH3 is 2. The van der Waals surface area contributed by atoms with Gasteiger partial charge in [0.15, 0.2) is 5.60 Å². The molecule has 3 aromatic carbocycles. The quantitative estimate of drug-likeness (QED) is 0.211. The molecule has 2 aliphatic rings. The van der Waals surface area contributed by atoms with E-state index >= 15 is 0 Å². The number of carbonyl (C=O) groups excluding carboxylic acids is 2. The van der Waals surface area contributed by atoms with Crippen molar-refractivity contribution in [2.24, 2.45) is 0 Å². The van der Waals surface area contributed by atoms with Crippen LogP contribution in [0.25, 0.3) is 22.3 Å². The van der Waals surface area contributed by atoms with Crippen molar-refractivity contribution in [3.63, 3.8) is 0 Å². The Hall–Kier alpha value is -5.48. The molecule has 0 saturated heterocycles. The molecule has 2 N–H and O–H groups in total. The molecule has 1 atom stereocenters. The van der Waals surface area contributed by atoms with Gasteiger partial charge in [0.25, 0.3) is 5.56 Å². The lowest BCUT2D eigenvalue weighted by atomic mass is 9.86. The monoisotopic (exact) mass is 606 g/mol. The number of ketones is 1. The van der Waals surface area contributed by atoms with Crippen LogP contribution in [0.3, 0.4) is 0 Å². The number of nitrogens with zero attached hydrogens (tertiary/aromatic N) is 2. The van der Waals surface area contributed by atoms with Crippen LogP contribution in [-0.4, -0.2) is 45.7 Å². The van der Waals surface area contributed by atoms with E-state index in [4.69, 9.17) is 19.2 Å². The number of ether oxygens (including phenoxy) is 3. The summed E-state index contributed by atoms with van der Waals surface area (Å²) in [7, 11) is 2.92. The fourth-order valence-corrected chi connectivity index (χ4v) is 5.74. The number of aromatic hydroxyl groups is 1. The van der Waals surface area contributed by atoms with E-state index in [0.717, 1.165) is 22.2 Å². The lowest BCUT2D eigenvalue weighted by molar-refractivity contribution is -0.172. The first-order valence-electron chi connectivity index (χ1n) is 14.3. The number of aliphatic hydroxyl groups is 1. The second-order valence-corrected chi connectivity index (χ2v) is 10.7. The average molecular weight is 607 g/mol. The lowest BCUT2D eigenvalue weighted by Crippen LogP contribution is -2.44. The third kappa shape index (κ3) is 4.98. The van der Waals surface area contributed by atoms with Crippen molar-refractivity contribution in [1.29, 1.82) is 0 Å². The number of benzene rings is 3. The highest BCUT2D eigenvalue weighted by Gasteiger charge is 2.45. The van der Waals surface area contributed by atoms with E-state index in [9.17, 15) is 24.6 Å². The molecule has 10 heteroatoms. The number of hydrogen-bond donors (Lipinski definition) is 2. The zero-order valence-corrected chi connectivity index (χ0v) is 24.9. The van der Waals surface area contributed by atoms with Crippen LogP contribution in [0.2, 0.25) is 0 Å². The predicted octanol–water partition coefficient (Wildman–Crippen LogP) is 4.72. The Kier molecular flexibility index (Phi) is 7.59. The van der Waals surface area contributed by atoms with Crippen LogP contribution in [0.1, 0.15) is 46.0 Å². The summed E-state index contributed by atoms with van der Waals surface area (Å²) in [6.07, 6.45) is 0.139. The molecule has 0 saturated carbocycles. The zero-order chi connectivity index (χ0) is 31.9. The topological polar surface area (TPSA) is 137 Å². The second-order valence-electron chi connectivity index (χ2n) is 10.7. The number of hydrogen-bond acceptors (Lipinski definition) is 9. The maximum absolute atomic E-state index is 13.0. The molecule has 0 spiro atoms. The van der Waals surface area contributed by atoms with E-state index in [-0.39, 0.29) is 41.4 Å². The van der Waals surface area contributed by atoms with Crippen LogP contribution in [0.5, 0.6) is 17.2 Å². The number of fused-ring (bicyclic) bond motifs is 5. The van der Waals surface area contributed by atoms with E-state index < -0.39 is 11.6 Å². The third-order valence-electron chi connectivity index (χ3n) is 8.19. The maximum Gasteiger partial charge on any atom is 0.343 e. The van der Waals surface area contributed by atoms with Gasteiger partial charge in [-0.25, -0.2) is 9.78 Å². The number of para-hydroxylation sites is 1. The summed E-state index contributed by atoms with van der Waals surface area (Å²) in [6, 6.07) is 23.2. The Morgan fingerprint density at radius 3 is 2.44 bits per heavy atom. The highest BCUT2D eigenvalue weighted by Crippen LogP contribution is 2.39. The minimum Gasteiger partial charge on any atom is -0.507 e. The summed E-state index contributed by atoms with van der Waals surface area (Å²) in [6.45, 7) is 2.01. The van der Waals surface area contributed by atoms with Gasteiger partial charge in [0.2, 0.25) is 5.78 Å². The average Bonchev–Trinajstić information content (AvgIpc) is 3.43. The number of carbonyl (C=O) groups is 2. The van der Waals surface area contributed by atoms with Crippen LogP contribution < -0.4 is 15.0 Å². The number of esters is 1. The summed E-state index contributed by atoms with van der Waals surface area (Å²) < 4.78 is 16.9. The molecule has 7 rings (SSSR count). The third-order valence-corrected chi connectivity index (χ3v) is 8.19. The van der Waals surface area contributed by atoms with Crippen molar-refractivity contribution in [2.45, 2.75) is 32.1 Å². The predicted molar refractivity (Wildman–Crippen MR) is 166 cm³/mol. The smallest absolute Gasteiger partial charge is 0.343 e. The van der Waals surface area contributed by atoms with Gasteiger partial charge in [0.05, 0.1) is 43.2 Å². The molecule has 1 unspecified atom stereocenters. The van der Waals surface area contributed by atoms with Crippen molar-refractivity contribution in [3.05, 3.63) is 117 Å². The molecule has 5 aromatic rings. The molecular formula is C35H30N2O8. The highest BCUT2D eigenvalue weighted by molar-refractivity contribution is 6.12. The van der Waals surface area contributed by atoms with Crippen LogP contribution >= 0.6 is 0 Å². The first-order chi connectivity index (χ1) is 21.7. The van der Waals surface area contributed by atoms with Gasteiger partial charge in [-0.3, -0.25) is 9.59 Å². The number of phenols is 1. The minimum atomic E-state index is -1.79. The number of phenolic OH excluding ortho intramolecular Hbond substituents is 1. The molecule has 45 heavy (non-hydrogen) atoms. The lowest BCUT2D eigenvalue weighted by Gasteiger charge is -2.31. The fraction of sp³-hybridized carbons (Fsp3) is 0.200. The number of aromatic nitrogens is 2. The van der Waals surface area contributed by atoms with Crippen molar-refractivity contribution in [1.82, 2.24) is 9.55 Å². The van der Waals surface area contributed by atoms with Crippen LogP contribution in [0.15, 0.2) is 83.7 Å². The first kappa shape index (κ1) is 29.6. The van der Waals surface area contributed by atoms with Gasteiger partial charge in [0.1, 0.15) is 29.4 Å². The SMILES string of the molecule is CCC1(O)C(=O)OCc2c1cc1n(c2=O)Cc2cc3ccccc3nc2-1.COc1cc(O)c(C(=O)c2ccccc2)c(OC)c1. The van der Waals surface area contributed by atoms with Crippen LogP contribution in [0.4, 0.5) is 0 Å². The molecule has 0 fully saturated rings. The molecule has 0 aliphatic carbocycles. The summed E-state index contributed by atoms with van der Waals surface area (Å²) in [5.74, 6) is -0.450. The van der Waals surface area contributed by atoms with Crippen LogP contribution in [-0.2, 0) is 28.3 Å². The molecule has 2 aliphatic heterocycles. The molecule has 0 bridgehead atoms.